The Hall–Kier alpha value is -4.00. The van der Waals surface area contributed by atoms with Gasteiger partial charge in [-0.3, -0.25) is 4.79 Å². The standard InChI is InChI=1S/C30H28F3NO8/c31-30(32,33)17-39-25(36)10-9-18-5-3-4-8-22(18)28(38)40-23-13-21(27(37)34-11-12-35)14-24-26(23)42-29(41-24)15-19-6-1-2-7-20(19)16-29/h1-10,14,23-24,26,35H,11-13,15-17H2,(H,34,37)/t23-,24-,26+/m1/s1. The number of alkyl halides is 3. The summed E-state index contributed by atoms with van der Waals surface area (Å²) >= 11 is 0. The Labute approximate surface area is 238 Å². The maximum absolute atomic E-state index is 13.4. The van der Waals surface area contributed by atoms with Crippen molar-refractivity contribution in [3.05, 3.63) is 88.5 Å². The Kier molecular flexibility index (Phi) is 8.48. The first kappa shape index (κ1) is 29.5. The fraction of sp³-hybridized carbons (Fsp3) is 0.367. The molecular formula is C30H28F3NO8. The number of halogens is 3. The number of aliphatic hydroxyl groups is 1. The van der Waals surface area contributed by atoms with Crippen LogP contribution in [0.1, 0.15) is 33.5 Å². The van der Waals surface area contributed by atoms with Crippen LogP contribution in [0.5, 0.6) is 0 Å². The van der Waals surface area contributed by atoms with Crippen molar-refractivity contribution in [2.24, 2.45) is 0 Å². The molecule has 42 heavy (non-hydrogen) atoms. The van der Waals surface area contributed by atoms with Crippen LogP contribution in [0.25, 0.3) is 6.08 Å². The Morgan fingerprint density at radius 1 is 1.05 bits per heavy atom. The summed E-state index contributed by atoms with van der Waals surface area (Å²) in [5.41, 5.74) is 2.70. The smallest absolute Gasteiger partial charge is 0.422 e. The van der Waals surface area contributed by atoms with Crippen LogP contribution in [0.2, 0.25) is 0 Å². The second kappa shape index (κ2) is 12.1. The lowest BCUT2D eigenvalue weighted by molar-refractivity contribution is -0.182. The van der Waals surface area contributed by atoms with E-state index in [0.29, 0.717) is 18.4 Å². The third-order valence-corrected chi connectivity index (χ3v) is 7.12. The van der Waals surface area contributed by atoms with Crippen LogP contribution in [0, 0.1) is 0 Å². The topological polar surface area (TPSA) is 120 Å². The van der Waals surface area contributed by atoms with Crippen LogP contribution in [-0.2, 0) is 41.4 Å². The number of hydrogen-bond acceptors (Lipinski definition) is 8. The van der Waals surface area contributed by atoms with Crippen LogP contribution < -0.4 is 5.32 Å². The minimum absolute atomic E-state index is 0.0122. The average Bonchev–Trinajstić information content (AvgIpc) is 3.51. The van der Waals surface area contributed by atoms with Gasteiger partial charge < -0.3 is 29.4 Å². The number of rotatable bonds is 8. The summed E-state index contributed by atoms with van der Waals surface area (Å²) in [4.78, 5) is 37.9. The van der Waals surface area contributed by atoms with Gasteiger partial charge in [0.1, 0.15) is 18.3 Å². The Bertz CT molecular complexity index is 1390. The van der Waals surface area contributed by atoms with Gasteiger partial charge in [0.25, 0.3) is 0 Å². The molecule has 1 fully saturated rings. The van der Waals surface area contributed by atoms with E-state index < -0.39 is 54.7 Å². The first-order valence-corrected chi connectivity index (χ1v) is 13.3. The number of nitrogens with one attached hydrogen (secondary N) is 1. The molecule has 0 unspecified atom stereocenters. The highest BCUT2D eigenvalue weighted by Gasteiger charge is 2.55. The maximum Gasteiger partial charge on any atom is 0.422 e. The van der Waals surface area contributed by atoms with Crippen LogP contribution in [0.15, 0.2) is 66.3 Å². The van der Waals surface area contributed by atoms with Crippen LogP contribution >= 0.6 is 0 Å². The molecule has 1 saturated heterocycles. The van der Waals surface area contributed by atoms with Crippen LogP contribution in [-0.4, -0.2) is 73.0 Å². The van der Waals surface area contributed by atoms with Gasteiger partial charge in [0.2, 0.25) is 5.91 Å². The molecule has 2 aliphatic carbocycles. The summed E-state index contributed by atoms with van der Waals surface area (Å²) in [5, 5.41) is 11.7. The summed E-state index contributed by atoms with van der Waals surface area (Å²) in [6.45, 7) is -1.95. The van der Waals surface area contributed by atoms with E-state index in [1.165, 1.54) is 12.1 Å². The third kappa shape index (κ3) is 6.72. The fourth-order valence-corrected chi connectivity index (χ4v) is 5.33. The van der Waals surface area contributed by atoms with E-state index in [4.69, 9.17) is 19.3 Å². The summed E-state index contributed by atoms with van der Waals surface area (Å²) < 4.78 is 59.9. The number of ether oxygens (including phenoxy) is 4. The van der Waals surface area contributed by atoms with Crippen molar-refractivity contribution in [3.8, 4) is 0 Å². The van der Waals surface area contributed by atoms with E-state index >= 15 is 0 Å². The van der Waals surface area contributed by atoms with Gasteiger partial charge in [-0.25, -0.2) is 9.59 Å². The Morgan fingerprint density at radius 3 is 2.43 bits per heavy atom. The van der Waals surface area contributed by atoms with Gasteiger partial charge >= 0.3 is 18.1 Å². The molecule has 1 amide bonds. The van der Waals surface area contributed by atoms with Crippen LogP contribution in [0.3, 0.4) is 0 Å². The van der Waals surface area contributed by atoms with E-state index in [2.05, 4.69) is 10.1 Å². The van der Waals surface area contributed by atoms with E-state index in [0.717, 1.165) is 23.3 Å². The number of hydrogen-bond donors (Lipinski definition) is 2. The van der Waals surface area contributed by atoms with Crippen molar-refractivity contribution in [1.82, 2.24) is 5.32 Å². The quantitative estimate of drug-likeness (QED) is 0.357. The minimum Gasteiger partial charge on any atom is -0.456 e. The molecule has 2 aromatic carbocycles. The molecule has 0 radical (unpaired) electrons. The Morgan fingerprint density at radius 2 is 1.74 bits per heavy atom. The molecular weight excluding hydrogens is 559 g/mol. The third-order valence-electron chi connectivity index (χ3n) is 7.12. The lowest BCUT2D eigenvalue weighted by Crippen LogP contribution is -2.44. The minimum atomic E-state index is -4.67. The number of aliphatic hydroxyl groups excluding tert-OH is 1. The molecule has 0 aromatic heterocycles. The highest BCUT2D eigenvalue weighted by molar-refractivity contribution is 5.96. The molecule has 1 spiro atoms. The molecule has 3 atom stereocenters. The molecule has 9 nitrogen and oxygen atoms in total. The highest BCUT2D eigenvalue weighted by atomic mass is 19.4. The van der Waals surface area contributed by atoms with Crippen molar-refractivity contribution < 1.29 is 51.6 Å². The largest absolute Gasteiger partial charge is 0.456 e. The summed E-state index contributed by atoms with van der Waals surface area (Å²) in [5.74, 6) is -3.45. The van der Waals surface area contributed by atoms with E-state index in [1.54, 1.807) is 18.2 Å². The maximum atomic E-state index is 13.4. The lowest BCUT2D eigenvalue weighted by Gasteiger charge is -2.30. The second-order valence-corrected chi connectivity index (χ2v) is 10.2. The number of carbonyl (C=O) groups excluding carboxylic acids is 3. The van der Waals surface area contributed by atoms with Crippen LogP contribution in [0.4, 0.5) is 13.2 Å². The molecule has 2 aromatic rings. The molecule has 222 valence electrons. The fourth-order valence-electron chi connectivity index (χ4n) is 5.33. The monoisotopic (exact) mass is 587 g/mol. The van der Waals surface area contributed by atoms with Crippen molar-refractivity contribution in [1.29, 1.82) is 0 Å². The number of carbonyl (C=O) groups is 3. The van der Waals surface area contributed by atoms with Crippen molar-refractivity contribution in [2.45, 2.75) is 49.5 Å². The van der Waals surface area contributed by atoms with Gasteiger partial charge in [0.15, 0.2) is 12.4 Å². The zero-order chi connectivity index (χ0) is 29.9. The van der Waals surface area contributed by atoms with Crippen molar-refractivity contribution >= 4 is 23.9 Å². The SMILES string of the molecule is O=C(C=Cc1ccccc1C(=O)O[C@@H]1CC(C(=O)NCCO)=C[C@H]2OC3(Cc4ccccc4C3)O[C@H]21)OCC(F)(F)F. The highest BCUT2D eigenvalue weighted by Crippen LogP contribution is 2.45. The lowest BCUT2D eigenvalue weighted by atomic mass is 9.91. The van der Waals surface area contributed by atoms with Gasteiger partial charge in [-0.1, -0.05) is 42.5 Å². The van der Waals surface area contributed by atoms with E-state index in [1.807, 2.05) is 24.3 Å². The summed E-state index contributed by atoms with van der Waals surface area (Å²) in [7, 11) is 0. The molecule has 1 heterocycles. The molecule has 5 rings (SSSR count). The molecule has 0 bridgehead atoms. The summed E-state index contributed by atoms with van der Waals surface area (Å²) in [6.07, 6.45) is -2.44. The number of esters is 2. The van der Waals surface area contributed by atoms with Crippen molar-refractivity contribution in [3.63, 3.8) is 0 Å². The van der Waals surface area contributed by atoms with Crippen molar-refractivity contribution in [2.75, 3.05) is 19.8 Å². The molecule has 12 heteroatoms. The summed E-state index contributed by atoms with van der Waals surface area (Å²) in [6, 6.07) is 13.9. The first-order chi connectivity index (χ1) is 20.1. The van der Waals surface area contributed by atoms with E-state index in [9.17, 15) is 27.6 Å². The van der Waals surface area contributed by atoms with Gasteiger partial charge in [0, 0.05) is 37.5 Å². The van der Waals surface area contributed by atoms with Gasteiger partial charge in [-0.05, 0) is 34.9 Å². The number of amides is 1. The molecule has 3 aliphatic rings. The zero-order valence-corrected chi connectivity index (χ0v) is 22.3. The first-order valence-electron chi connectivity index (χ1n) is 13.3. The number of fused-ring (bicyclic) bond motifs is 2. The number of benzene rings is 2. The average molecular weight is 588 g/mol. The molecule has 2 N–H and O–H groups in total. The second-order valence-electron chi connectivity index (χ2n) is 10.2. The van der Waals surface area contributed by atoms with Gasteiger partial charge in [-0.2, -0.15) is 13.2 Å². The molecule has 1 aliphatic heterocycles. The zero-order valence-electron chi connectivity index (χ0n) is 22.3. The predicted octanol–water partition coefficient (Wildman–Crippen LogP) is 3.05. The molecule has 0 saturated carbocycles. The van der Waals surface area contributed by atoms with Gasteiger partial charge in [0.05, 0.1) is 12.2 Å². The Balaban J connectivity index is 1.35. The normalized spacial score (nSPS) is 22.4. The van der Waals surface area contributed by atoms with E-state index in [-0.39, 0.29) is 30.7 Å². The van der Waals surface area contributed by atoms with Gasteiger partial charge in [-0.15, -0.1) is 0 Å². The predicted molar refractivity (Wildman–Crippen MR) is 141 cm³/mol.